The first kappa shape index (κ1) is 24.2. The number of pyridine rings is 1. The van der Waals surface area contributed by atoms with Crippen LogP contribution in [0.5, 0.6) is 0 Å². The summed E-state index contributed by atoms with van der Waals surface area (Å²) >= 11 is 13.3. The van der Waals surface area contributed by atoms with Gasteiger partial charge in [-0.3, -0.25) is 19.5 Å². The highest BCUT2D eigenvalue weighted by Gasteiger charge is 2.33. The maximum absolute atomic E-state index is 12.9. The molecule has 7 heteroatoms. The van der Waals surface area contributed by atoms with E-state index in [0.717, 1.165) is 49.3 Å². The minimum Gasteiger partial charge on any atom is -0.337 e. The lowest BCUT2D eigenvalue weighted by Crippen LogP contribution is -2.54. The quantitative estimate of drug-likeness (QED) is 0.515. The molecule has 1 aliphatic heterocycles. The molecule has 1 aliphatic carbocycles. The maximum Gasteiger partial charge on any atom is 0.226 e. The number of carbonyl (C=O) groups excluding carboxylic acids is 2. The van der Waals surface area contributed by atoms with E-state index in [1.807, 2.05) is 25.1 Å². The monoisotopic (exact) mass is 487 g/mol. The number of Topliss-reactive ketones (excluding diaryl/α,β-unsaturated/α-hetero) is 1. The molecule has 2 heterocycles. The molecule has 0 spiro atoms. The first-order chi connectivity index (χ1) is 15.8. The van der Waals surface area contributed by atoms with Crippen molar-refractivity contribution in [1.82, 2.24) is 14.8 Å². The molecule has 1 amide bonds. The summed E-state index contributed by atoms with van der Waals surface area (Å²) in [7, 11) is 0. The van der Waals surface area contributed by atoms with Crippen LogP contribution in [0.2, 0.25) is 10.0 Å². The van der Waals surface area contributed by atoms with Gasteiger partial charge in [0, 0.05) is 72.6 Å². The fraction of sp³-hybridized carbons (Fsp3) is 0.500. The van der Waals surface area contributed by atoms with E-state index in [-0.39, 0.29) is 24.2 Å². The zero-order valence-electron chi connectivity index (χ0n) is 19.3. The van der Waals surface area contributed by atoms with E-state index in [1.165, 1.54) is 12.8 Å². The standard InChI is InChI=1S/C26H31Cl2N3O2/c1-17-7-8-21(14-29-17)24(32)13-20-9-10-23(27)22(25(20)28)16-30-11-12-31(18(2)15-30)26(33)19-5-3-4-6-19/h7-10,14,18-19H,3-6,11-13,15-16H2,1-2H3/t18-/m0/s1. The van der Waals surface area contributed by atoms with Gasteiger partial charge in [-0.05, 0) is 50.5 Å². The first-order valence-electron chi connectivity index (χ1n) is 11.8. The molecule has 0 N–H and O–H groups in total. The van der Waals surface area contributed by atoms with Gasteiger partial charge in [0.25, 0.3) is 0 Å². The fourth-order valence-electron chi connectivity index (χ4n) is 4.97. The lowest BCUT2D eigenvalue weighted by Gasteiger charge is -2.41. The molecule has 1 aromatic heterocycles. The van der Waals surface area contributed by atoms with Gasteiger partial charge >= 0.3 is 0 Å². The van der Waals surface area contributed by atoms with Crippen LogP contribution in [0, 0.1) is 12.8 Å². The number of hydrogen-bond acceptors (Lipinski definition) is 4. The Hall–Kier alpha value is -1.95. The van der Waals surface area contributed by atoms with Gasteiger partial charge in [-0.15, -0.1) is 0 Å². The van der Waals surface area contributed by atoms with Gasteiger partial charge in [-0.1, -0.05) is 42.1 Å². The largest absolute Gasteiger partial charge is 0.337 e. The van der Waals surface area contributed by atoms with Gasteiger partial charge in [0.15, 0.2) is 5.78 Å². The molecular formula is C26H31Cl2N3O2. The van der Waals surface area contributed by atoms with Crippen LogP contribution in [0.1, 0.15) is 59.8 Å². The van der Waals surface area contributed by atoms with Crippen molar-refractivity contribution in [3.63, 3.8) is 0 Å². The summed E-state index contributed by atoms with van der Waals surface area (Å²) in [6, 6.07) is 7.43. The van der Waals surface area contributed by atoms with E-state index in [9.17, 15) is 9.59 Å². The molecule has 4 rings (SSSR count). The summed E-state index contributed by atoms with van der Waals surface area (Å²) in [5.41, 5.74) is 3.06. The molecule has 1 saturated carbocycles. The van der Waals surface area contributed by atoms with Crippen molar-refractivity contribution in [2.24, 2.45) is 5.92 Å². The molecule has 2 aromatic rings. The summed E-state index contributed by atoms with van der Waals surface area (Å²) < 4.78 is 0. The predicted molar refractivity (Wildman–Crippen MR) is 132 cm³/mol. The molecule has 1 atom stereocenters. The minimum atomic E-state index is -0.0228. The highest BCUT2D eigenvalue weighted by atomic mass is 35.5. The molecule has 1 saturated heterocycles. The Bertz CT molecular complexity index is 1020. The third-order valence-electron chi connectivity index (χ3n) is 6.93. The summed E-state index contributed by atoms with van der Waals surface area (Å²) in [5, 5.41) is 1.15. The molecule has 0 radical (unpaired) electrons. The van der Waals surface area contributed by atoms with Gasteiger partial charge < -0.3 is 4.90 Å². The molecule has 1 aromatic carbocycles. The molecule has 33 heavy (non-hydrogen) atoms. The van der Waals surface area contributed by atoms with E-state index in [1.54, 1.807) is 12.3 Å². The number of aryl methyl sites for hydroxylation is 1. The van der Waals surface area contributed by atoms with Crippen LogP contribution < -0.4 is 0 Å². The molecule has 176 valence electrons. The van der Waals surface area contributed by atoms with E-state index >= 15 is 0 Å². The normalized spacial score (nSPS) is 19.8. The van der Waals surface area contributed by atoms with Crippen molar-refractivity contribution in [2.75, 3.05) is 19.6 Å². The smallest absolute Gasteiger partial charge is 0.226 e. The predicted octanol–water partition coefficient (Wildman–Crippen LogP) is 5.35. The number of ketones is 1. The van der Waals surface area contributed by atoms with Crippen LogP contribution in [-0.4, -0.2) is 52.2 Å². The Morgan fingerprint density at radius 3 is 2.52 bits per heavy atom. The minimum absolute atomic E-state index is 0.0228. The van der Waals surface area contributed by atoms with Gasteiger partial charge in [0.05, 0.1) is 5.02 Å². The third-order valence-corrected chi connectivity index (χ3v) is 7.76. The second-order valence-corrected chi connectivity index (χ2v) is 10.2. The van der Waals surface area contributed by atoms with Crippen molar-refractivity contribution >= 4 is 34.9 Å². The van der Waals surface area contributed by atoms with Crippen molar-refractivity contribution in [3.8, 4) is 0 Å². The van der Waals surface area contributed by atoms with Crippen molar-refractivity contribution in [2.45, 2.75) is 58.5 Å². The van der Waals surface area contributed by atoms with Gasteiger partial charge in [0.1, 0.15) is 0 Å². The van der Waals surface area contributed by atoms with Crippen LogP contribution in [0.15, 0.2) is 30.5 Å². The molecule has 0 unspecified atom stereocenters. The molecule has 0 bridgehead atoms. The number of piperazine rings is 1. The van der Waals surface area contributed by atoms with E-state index in [4.69, 9.17) is 23.2 Å². The van der Waals surface area contributed by atoms with Crippen molar-refractivity contribution in [1.29, 1.82) is 0 Å². The summed E-state index contributed by atoms with van der Waals surface area (Å²) in [4.78, 5) is 34.2. The van der Waals surface area contributed by atoms with Crippen LogP contribution in [-0.2, 0) is 17.8 Å². The number of halogens is 2. The number of aromatic nitrogens is 1. The van der Waals surface area contributed by atoms with Gasteiger partial charge in [0.2, 0.25) is 5.91 Å². The van der Waals surface area contributed by atoms with Crippen LogP contribution >= 0.6 is 23.2 Å². The maximum atomic E-state index is 12.9. The fourth-order valence-corrected chi connectivity index (χ4v) is 5.53. The summed E-state index contributed by atoms with van der Waals surface area (Å²) in [5.74, 6) is 0.507. The number of benzene rings is 1. The van der Waals surface area contributed by atoms with Gasteiger partial charge in [-0.2, -0.15) is 0 Å². The van der Waals surface area contributed by atoms with Crippen molar-refractivity contribution < 1.29 is 9.59 Å². The number of nitrogens with zero attached hydrogens (tertiary/aromatic N) is 3. The van der Waals surface area contributed by atoms with E-state index < -0.39 is 0 Å². The number of hydrogen-bond donors (Lipinski definition) is 0. The Morgan fingerprint density at radius 1 is 1.09 bits per heavy atom. The van der Waals surface area contributed by atoms with E-state index in [0.29, 0.717) is 28.1 Å². The molecule has 2 fully saturated rings. The molecule has 2 aliphatic rings. The Kier molecular flexibility index (Phi) is 7.72. The highest BCUT2D eigenvalue weighted by Crippen LogP contribution is 2.32. The Labute approximate surface area is 206 Å². The number of amides is 1. The third kappa shape index (κ3) is 5.59. The second-order valence-electron chi connectivity index (χ2n) is 9.38. The zero-order valence-corrected chi connectivity index (χ0v) is 20.8. The highest BCUT2D eigenvalue weighted by molar-refractivity contribution is 6.36. The molecule has 5 nitrogen and oxygen atoms in total. The van der Waals surface area contributed by atoms with Crippen molar-refractivity contribution in [3.05, 3.63) is 62.9 Å². The van der Waals surface area contributed by atoms with Crippen LogP contribution in [0.3, 0.4) is 0 Å². The van der Waals surface area contributed by atoms with Crippen LogP contribution in [0.25, 0.3) is 0 Å². The first-order valence-corrected chi connectivity index (χ1v) is 12.5. The number of rotatable bonds is 6. The van der Waals surface area contributed by atoms with Gasteiger partial charge in [-0.25, -0.2) is 0 Å². The molecular weight excluding hydrogens is 457 g/mol. The summed E-state index contributed by atoms with van der Waals surface area (Å²) in [6.07, 6.45) is 6.20. The average molecular weight is 488 g/mol. The lowest BCUT2D eigenvalue weighted by atomic mass is 10.0. The average Bonchev–Trinajstić information content (AvgIpc) is 3.34. The number of carbonyl (C=O) groups is 2. The van der Waals surface area contributed by atoms with Crippen LogP contribution in [0.4, 0.5) is 0 Å². The Morgan fingerprint density at radius 2 is 1.85 bits per heavy atom. The lowest BCUT2D eigenvalue weighted by molar-refractivity contribution is -0.140. The topological polar surface area (TPSA) is 53.5 Å². The Balaban J connectivity index is 1.42. The van der Waals surface area contributed by atoms with E-state index in [2.05, 4.69) is 21.7 Å². The second kappa shape index (κ2) is 10.5. The summed E-state index contributed by atoms with van der Waals surface area (Å²) in [6.45, 7) is 6.90. The SMILES string of the molecule is Cc1ccc(C(=O)Cc2ccc(Cl)c(CN3CCN(C(=O)C4CCCC4)[C@@H](C)C3)c2Cl)cn1. The zero-order chi connectivity index (χ0) is 23.5.